The van der Waals surface area contributed by atoms with Crippen LogP contribution in [0.2, 0.25) is 0 Å². The summed E-state index contributed by atoms with van der Waals surface area (Å²) in [7, 11) is 0. The molecular formula is C13H26N2O. The maximum Gasteiger partial charge on any atom is 0.239 e. The molecule has 0 aromatic rings. The van der Waals surface area contributed by atoms with Crippen LogP contribution >= 0.6 is 0 Å². The first-order valence-corrected chi connectivity index (χ1v) is 6.58. The third-order valence-electron chi connectivity index (χ3n) is 3.38. The number of carbonyl (C=O) groups is 1. The van der Waals surface area contributed by atoms with Crippen LogP contribution in [0, 0.1) is 5.92 Å². The highest BCUT2D eigenvalue weighted by atomic mass is 16.2. The Morgan fingerprint density at radius 3 is 2.69 bits per heavy atom. The lowest BCUT2D eigenvalue weighted by molar-refractivity contribution is -0.134. The lowest BCUT2D eigenvalue weighted by atomic mass is 10.0. The van der Waals surface area contributed by atoms with Crippen LogP contribution in [0.5, 0.6) is 0 Å². The van der Waals surface area contributed by atoms with Crippen LogP contribution in [0.25, 0.3) is 0 Å². The van der Waals surface area contributed by atoms with E-state index in [1.807, 2.05) is 4.90 Å². The normalized spacial score (nSPS) is 24.3. The lowest BCUT2D eigenvalue weighted by Gasteiger charge is -2.30. The van der Waals surface area contributed by atoms with Crippen LogP contribution in [0.1, 0.15) is 52.9 Å². The zero-order valence-electron chi connectivity index (χ0n) is 10.9. The number of nitrogens with zero attached hydrogens (tertiary/aromatic N) is 1. The summed E-state index contributed by atoms with van der Waals surface area (Å²) in [6.45, 7) is 7.26. The third kappa shape index (κ3) is 3.78. The molecule has 2 unspecified atom stereocenters. The van der Waals surface area contributed by atoms with Crippen molar-refractivity contribution in [1.29, 1.82) is 0 Å². The summed E-state index contributed by atoms with van der Waals surface area (Å²) in [5.41, 5.74) is 5.97. The van der Waals surface area contributed by atoms with Crippen molar-refractivity contribution >= 4 is 5.91 Å². The van der Waals surface area contributed by atoms with E-state index in [4.69, 9.17) is 5.73 Å². The van der Waals surface area contributed by atoms with Crippen LogP contribution in [0.4, 0.5) is 0 Å². The van der Waals surface area contributed by atoms with Gasteiger partial charge < -0.3 is 10.6 Å². The minimum Gasteiger partial charge on any atom is -0.339 e. The monoisotopic (exact) mass is 226 g/mol. The molecule has 2 atom stereocenters. The smallest absolute Gasteiger partial charge is 0.239 e. The van der Waals surface area contributed by atoms with Crippen LogP contribution in [-0.4, -0.2) is 29.4 Å². The molecule has 1 aliphatic heterocycles. The second-order valence-electron chi connectivity index (χ2n) is 5.47. The molecule has 0 bridgehead atoms. The van der Waals surface area contributed by atoms with Gasteiger partial charge in [0.2, 0.25) is 5.91 Å². The molecule has 0 aliphatic carbocycles. The summed E-state index contributed by atoms with van der Waals surface area (Å²) < 4.78 is 0. The Morgan fingerprint density at radius 2 is 2.06 bits per heavy atom. The second-order valence-corrected chi connectivity index (χ2v) is 5.47. The summed E-state index contributed by atoms with van der Waals surface area (Å²) in [6, 6.07) is 0.0637. The molecule has 1 saturated heterocycles. The highest BCUT2D eigenvalue weighted by Crippen LogP contribution is 2.18. The molecule has 3 nitrogen and oxygen atoms in total. The van der Waals surface area contributed by atoms with Gasteiger partial charge in [0.15, 0.2) is 0 Å². The molecular weight excluding hydrogens is 200 g/mol. The second kappa shape index (κ2) is 6.24. The van der Waals surface area contributed by atoms with E-state index in [-0.39, 0.29) is 11.9 Å². The van der Waals surface area contributed by atoms with Crippen molar-refractivity contribution in [3.63, 3.8) is 0 Å². The number of carbonyl (C=O) groups excluding carboxylic acids is 1. The van der Waals surface area contributed by atoms with E-state index in [1.165, 1.54) is 12.8 Å². The number of hydrogen-bond donors (Lipinski definition) is 1. The van der Waals surface area contributed by atoms with Crippen molar-refractivity contribution in [1.82, 2.24) is 4.90 Å². The van der Waals surface area contributed by atoms with Gasteiger partial charge in [-0.15, -0.1) is 0 Å². The van der Waals surface area contributed by atoms with Crippen molar-refractivity contribution in [3.8, 4) is 0 Å². The van der Waals surface area contributed by atoms with E-state index >= 15 is 0 Å². The molecule has 1 fully saturated rings. The van der Waals surface area contributed by atoms with Gasteiger partial charge in [0, 0.05) is 12.6 Å². The molecule has 0 aromatic heterocycles. The minimum atomic E-state index is -0.305. The Balaban J connectivity index is 2.56. The molecule has 0 saturated carbocycles. The average molecular weight is 226 g/mol. The van der Waals surface area contributed by atoms with Crippen molar-refractivity contribution in [2.45, 2.75) is 65.0 Å². The number of nitrogens with two attached hydrogens (primary N) is 1. The molecule has 16 heavy (non-hydrogen) atoms. The van der Waals surface area contributed by atoms with Crippen molar-refractivity contribution in [2.24, 2.45) is 11.7 Å². The minimum absolute atomic E-state index is 0.156. The molecule has 0 radical (unpaired) electrons. The first-order valence-electron chi connectivity index (χ1n) is 6.58. The summed E-state index contributed by atoms with van der Waals surface area (Å²) in [6.07, 6.45) is 5.53. The Labute approximate surface area is 99.4 Å². The summed E-state index contributed by atoms with van der Waals surface area (Å²) in [5.74, 6) is 0.643. The predicted molar refractivity (Wildman–Crippen MR) is 67.1 cm³/mol. The van der Waals surface area contributed by atoms with Gasteiger partial charge in [0.05, 0.1) is 6.04 Å². The maximum atomic E-state index is 12.2. The maximum absolute atomic E-state index is 12.2. The van der Waals surface area contributed by atoms with E-state index in [0.29, 0.717) is 12.0 Å². The quantitative estimate of drug-likeness (QED) is 0.801. The summed E-state index contributed by atoms with van der Waals surface area (Å²) in [4.78, 5) is 14.2. The SMILES string of the molecule is CC(C)CC(N)C(=O)N1CCCCCC1C. The number of likely N-dealkylation sites (tertiary alicyclic amines) is 1. The standard InChI is InChI=1S/C13H26N2O/c1-10(2)9-12(14)13(16)15-8-6-4-5-7-11(15)3/h10-12H,4-9,14H2,1-3H3. The van der Waals surface area contributed by atoms with E-state index in [9.17, 15) is 4.79 Å². The highest BCUT2D eigenvalue weighted by Gasteiger charge is 2.26. The molecule has 1 rings (SSSR count). The fraction of sp³-hybridized carbons (Fsp3) is 0.923. The van der Waals surface area contributed by atoms with Crippen LogP contribution in [0.15, 0.2) is 0 Å². The Kier molecular flexibility index (Phi) is 5.26. The zero-order chi connectivity index (χ0) is 12.1. The number of amides is 1. The first kappa shape index (κ1) is 13.5. The largest absolute Gasteiger partial charge is 0.339 e. The van der Waals surface area contributed by atoms with Gasteiger partial charge in [0.25, 0.3) is 0 Å². The Hall–Kier alpha value is -0.570. The van der Waals surface area contributed by atoms with Gasteiger partial charge in [0.1, 0.15) is 0 Å². The molecule has 2 N–H and O–H groups in total. The average Bonchev–Trinajstić information content (AvgIpc) is 2.40. The summed E-state index contributed by atoms with van der Waals surface area (Å²) in [5, 5.41) is 0. The van der Waals surface area contributed by atoms with E-state index in [1.54, 1.807) is 0 Å². The highest BCUT2D eigenvalue weighted by molar-refractivity contribution is 5.81. The molecule has 94 valence electrons. The molecule has 1 aliphatic rings. The van der Waals surface area contributed by atoms with Gasteiger partial charge in [-0.3, -0.25) is 4.79 Å². The topological polar surface area (TPSA) is 46.3 Å². The molecule has 0 aromatic carbocycles. The molecule has 3 heteroatoms. The van der Waals surface area contributed by atoms with Crippen molar-refractivity contribution in [3.05, 3.63) is 0 Å². The third-order valence-corrected chi connectivity index (χ3v) is 3.38. The van der Waals surface area contributed by atoms with Gasteiger partial charge in [-0.05, 0) is 32.1 Å². The van der Waals surface area contributed by atoms with E-state index in [0.717, 1.165) is 25.8 Å². The number of hydrogen-bond acceptors (Lipinski definition) is 2. The van der Waals surface area contributed by atoms with Gasteiger partial charge in [-0.1, -0.05) is 26.7 Å². The predicted octanol–water partition coefficient (Wildman–Crippen LogP) is 2.15. The fourth-order valence-electron chi connectivity index (χ4n) is 2.42. The zero-order valence-corrected chi connectivity index (χ0v) is 10.9. The Bertz CT molecular complexity index is 228. The van der Waals surface area contributed by atoms with Crippen molar-refractivity contribution in [2.75, 3.05) is 6.54 Å². The summed E-state index contributed by atoms with van der Waals surface area (Å²) >= 11 is 0. The first-order chi connectivity index (χ1) is 7.52. The Morgan fingerprint density at radius 1 is 1.38 bits per heavy atom. The number of rotatable bonds is 3. The van der Waals surface area contributed by atoms with Gasteiger partial charge in [-0.25, -0.2) is 0 Å². The lowest BCUT2D eigenvalue weighted by Crippen LogP contribution is -2.48. The molecule has 1 amide bonds. The molecule has 0 spiro atoms. The van der Waals surface area contributed by atoms with Crippen molar-refractivity contribution < 1.29 is 4.79 Å². The van der Waals surface area contributed by atoms with Gasteiger partial charge >= 0.3 is 0 Å². The fourth-order valence-corrected chi connectivity index (χ4v) is 2.42. The van der Waals surface area contributed by atoms with E-state index in [2.05, 4.69) is 20.8 Å². The van der Waals surface area contributed by atoms with E-state index < -0.39 is 0 Å². The molecule has 1 heterocycles. The van der Waals surface area contributed by atoms with Crippen LogP contribution < -0.4 is 5.73 Å². The van der Waals surface area contributed by atoms with Gasteiger partial charge in [-0.2, -0.15) is 0 Å². The van der Waals surface area contributed by atoms with Crippen LogP contribution in [0.3, 0.4) is 0 Å². The van der Waals surface area contributed by atoms with Crippen LogP contribution in [-0.2, 0) is 4.79 Å².